The summed E-state index contributed by atoms with van der Waals surface area (Å²) in [6, 6.07) is 24.7. The predicted octanol–water partition coefficient (Wildman–Crippen LogP) is 4.98. The van der Waals surface area contributed by atoms with Crippen LogP contribution in [0.2, 0.25) is 0 Å². The molecule has 0 aliphatic heterocycles. The van der Waals surface area contributed by atoms with E-state index in [0.717, 1.165) is 21.3 Å². The smallest absolute Gasteiger partial charge is 0.262 e. The summed E-state index contributed by atoms with van der Waals surface area (Å²) in [6.45, 7) is 2.25. The number of hydrazone groups is 1. The third-order valence-electron chi connectivity index (χ3n) is 4.16. The second-order valence-electron chi connectivity index (χ2n) is 6.42. The van der Waals surface area contributed by atoms with Crippen molar-refractivity contribution in [1.29, 1.82) is 0 Å². The minimum absolute atomic E-state index is 0.230. The number of hydrogen-bond donors (Lipinski definition) is 2. The van der Waals surface area contributed by atoms with Crippen LogP contribution >= 0.6 is 15.9 Å². The molecule has 1 atom stereocenters. The van der Waals surface area contributed by atoms with E-state index in [1.54, 1.807) is 13.1 Å². The van der Waals surface area contributed by atoms with Crippen molar-refractivity contribution in [3.63, 3.8) is 0 Å². The van der Waals surface area contributed by atoms with Crippen molar-refractivity contribution in [2.24, 2.45) is 5.10 Å². The molecular formula is C23H22BrN3O2. The molecule has 2 N–H and O–H groups in total. The number of carbonyl (C=O) groups is 1. The van der Waals surface area contributed by atoms with Crippen LogP contribution in [0.3, 0.4) is 0 Å². The monoisotopic (exact) mass is 451 g/mol. The van der Waals surface area contributed by atoms with Gasteiger partial charge in [-0.05, 0) is 48.9 Å². The highest BCUT2D eigenvalue weighted by Gasteiger charge is 2.11. The van der Waals surface area contributed by atoms with Crippen molar-refractivity contribution in [2.75, 3.05) is 5.32 Å². The molecule has 1 amide bonds. The average Bonchev–Trinajstić information content (AvgIpc) is 2.75. The zero-order chi connectivity index (χ0) is 20.5. The summed E-state index contributed by atoms with van der Waals surface area (Å²) in [6.07, 6.45) is 1.59. The molecule has 3 rings (SSSR count). The summed E-state index contributed by atoms with van der Waals surface area (Å²) >= 11 is 3.39. The number of amides is 1. The van der Waals surface area contributed by atoms with Crippen LogP contribution in [0.25, 0.3) is 0 Å². The van der Waals surface area contributed by atoms with Gasteiger partial charge in [0, 0.05) is 15.7 Å². The van der Waals surface area contributed by atoms with Gasteiger partial charge in [0.25, 0.3) is 5.91 Å². The first-order chi connectivity index (χ1) is 14.1. The van der Waals surface area contributed by atoms with Gasteiger partial charge in [-0.3, -0.25) is 4.79 Å². The van der Waals surface area contributed by atoms with E-state index in [0.29, 0.717) is 12.4 Å². The molecule has 0 saturated carbocycles. The Labute approximate surface area is 178 Å². The highest BCUT2D eigenvalue weighted by atomic mass is 79.9. The molecule has 0 fully saturated rings. The minimum Gasteiger partial charge on any atom is -0.488 e. The maximum Gasteiger partial charge on any atom is 0.262 e. The van der Waals surface area contributed by atoms with Gasteiger partial charge in [-0.15, -0.1) is 0 Å². The Morgan fingerprint density at radius 3 is 2.48 bits per heavy atom. The predicted molar refractivity (Wildman–Crippen MR) is 120 cm³/mol. The minimum atomic E-state index is -0.433. The van der Waals surface area contributed by atoms with Gasteiger partial charge >= 0.3 is 0 Å². The van der Waals surface area contributed by atoms with Crippen LogP contribution in [-0.2, 0) is 11.4 Å². The number of carbonyl (C=O) groups excluding carboxylic acids is 1. The van der Waals surface area contributed by atoms with Gasteiger partial charge in [0.2, 0.25) is 0 Å². The Kier molecular flexibility index (Phi) is 7.41. The van der Waals surface area contributed by atoms with E-state index in [2.05, 4.69) is 31.8 Å². The van der Waals surface area contributed by atoms with Crippen molar-refractivity contribution >= 4 is 33.7 Å². The topological polar surface area (TPSA) is 62.7 Å². The van der Waals surface area contributed by atoms with Gasteiger partial charge in [0.05, 0.1) is 6.21 Å². The molecule has 0 radical (unpaired) electrons. The van der Waals surface area contributed by atoms with Crippen molar-refractivity contribution in [3.8, 4) is 5.75 Å². The number of halogens is 1. The second kappa shape index (κ2) is 10.4. The molecule has 0 aliphatic rings. The molecule has 148 valence electrons. The van der Waals surface area contributed by atoms with Crippen molar-refractivity contribution in [3.05, 3.63) is 94.5 Å². The molecule has 0 bridgehead atoms. The van der Waals surface area contributed by atoms with Crippen LogP contribution in [0.15, 0.2) is 88.4 Å². The lowest BCUT2D eigenvalue weighted by molar-refractivity contribution is -0.121. The highest BCUT2D eigenvalue weighted by molar-refractivity contribution is 9.10. The molecule has 29 heavy (non-hydrogen) atoms. The Balaban J connectivity index is 1.55. The van der Waals surface area contributed by atoms with Crippen molar-refractivity contribution < 1.29 is 9.53 Å². The van der Waals surface area contributed by atoms with Crippen LogP contribution in [0, 0.1) is 0 Å². The molecule has 5 nitrogen and oxygen atoms in total. The van der Waals surface area contributed by atoms with E-state index >= 15 is 0 Å². The summed E-state index contributed by atoms with van der Waals surface area (Å²) in [5, 5.41) is 7.22. The van der Waals surface area contributed by atoms with E-state index in [1.165, 1.54) is 0 Å². The number of ether oxygens (including phenoxy) is 1. The van der Waals surface area contributed by atoms with Gasteiger partial charge in [0.1, 0.15) is 18.4 Å². The average molecular weight is 452 g/mol. The first-order valence-corrected chi connectivity index (χ1v) is 10.0. The fraction of sp³-hybridized carbons (Fsp3) is 0.130. The van der Waals surface area contributed by atoms with Gasteiger partial charge in [-0.25, -0.2) is 5.43 Å². The lowest BCUT2D eigenvalue weighted by Crippen LogP contribution is -2.34. The molecular weight excluding hydrogens is 430 g/mol. The lowest BCUT2D eigenvalue weighted by atomic mass is 10.2. The quantitative estimate of drug-likeness (QED) is 0.375. The number of rotatable bonds is 8. The third kappa shape index (κ3) is 6.47. The Morgan fingerprint density at radius 1 is 1.03 bits per heavy atom. The van der Waals surface area contributed by atoms with E-state index in [-0.39, 0.29) is 5.91 Å². The number of benzene rings is 3. The highest BCUT2D eigenvalue weighted by Crippen LogP contribution is 2.18. The first kappa shape index (κ1) is 20.6. The van der Waals surface area contributed by atoms with Crippen molar-refractivity contribution in [2.45, 2.75) is 19.6 Å². The summed E-state index contributed by atoms with van der Waals surface area (Å²) in [5.74, 6) is 0.474. The summed E-state index contributed by atoms with van der Waals surface area (Å²) < 4.78 is 6.88. The zero-order valence-electron chi connectivity index (χ0n) is 16.0. The lowest BCUT2D eigenvalue weighted by Gasteiger charge is -2.13. The zero-order valence-corrected chi connectivity index (χ0v) is 17.6. The standard InChI is InChI=1S/C23H22BrN3O2/c1-17(26-21-13-11-20(24)12-14-21)23(28)27-25-15-19-9-5-6-10-22(19)29-16-18-7-3-2-4-8-18/h2-15,17,26H,16H2,1H3,(H,27,28). The number of nitrogens with one attached hydrogen (secondary N) is 2. The number of nitrogens with zero attached hydrogens (tertiary/aromatic N) is 1. The maximum atomic E-state index is 12.3. The van der Waals surface area contributed by atoms with Crippen LogP contribution in [0.5, 0.6) is 5.75 Å². The van der Waals surface area contributed by atoms with Crippen LogP contribution in [0.1, 0.15) is 18.1 Å². The van der Waals surface area contributed by atoms with Gasteiger partial charge in [-0.2, -0.15) is 5.10 Å². The first-order valence-electron chi connectivity index (χ1n) is 9.22. The van der Waals surface area contributed by atoms with Gasteiger partial charge in [-0.1, -0.05) is 58.4 Å². The fourth-order valence-corrected chi connectivity index (χ4v) is 2.84. The molecule has 6 heteroatoms. The molecule has 3 aromatic rings. The summed E-state index contributed by atoms with van der Waals surface area (Å²) in [5.41, 5.74) is 5.30. The third-order valence-corrected chi connectivity index (χ3v) is 4.68. The van der Waals surface area contributed by atoms with Crippen LogP contribution < -0.4 is 15.5 Å². The van der Waals surface area contributed by atoms with Crippen LogP contribution in [-0.4, -0.2) is 18.2 Å². The number of anilines is 1. The SMILES string of the molecule is CC(Nc1ccc(Br)cc1)C(=O)NN=Cc1ccccc1OCc1ccccc1. The molecule has 0 saturated heterocycles. The maximum absolute atomic E-state index is 12.3. The Morgan fingerprint density at radius 2 is 1.72 bits per heavy atom. The number of para-hydroxylation sites is 1. The van der Waals surface area contributed by atoms with Gasteiger partial charge < -0.3 is 10.1 Å². The molecule has 3 aromatic carbocycles. The Bertz CT molecular complexity index is 959. The van der Waals surface area contributed by atoms with Crippen molar-refractivity contribution in [1.82, 2.24) is 5.43 Å². The van der Waals surface area contributed by atoms with Crippen LogP contribution in [0.4, 0.5) is 5.69 Å². The van der Waals surface area contributed by atoms with E-state index in [1.807, 2.05) is 78.9 Å². The van der Waals surface area contributed by atoms with E-state index < -0.39 is 6.04 Å². The largest absolute Gasteiger partial charge is 0.488 e. The second-order valence-corrected chi connectivity index (χ2v) is 7.33. The summed E-state index contributed by atoms with van der Waals surface area (Å²) in [7, 11) is 0. The normalized spacial score (nSPS) is 11.8. The molecule has 0 aliphatic carbocycles. The Hall–Kier alpha value is -3.12. The number of hydrogen-bond acceptors (Lipinski definition) is 4. The van der Waals surface area contributed by atoms with Gasteiger partial charge in [0.15, 0.2) is 0 Å². The fourth-order valence-electron chi connectivity index (χ4n) is 2.58. The summed E-state index contributed by atoms with van der Waals surface area (Å²) in [4.78, 5) is 12.3. The molecule has 0 spiro atoms. The molecule has 0 aromatic heterocycles. The molecule has 1 unspecified atom stereocenters. The van der Waals surface area contributed by atoms with E-state index in [9.17, 15) is 4.79 Å². The molecule has 0 heterocycles. The van der Waals surface area contributed by atoms with E-state index in [4.69, 9.17) is 4.74 Å².